The molecule has 4 rings (SSSR count). The molecule has 1 aromatic heterocycles. The number of aromatic nitrogens is 1. The van der Waals surface area contributed by atoms with Crippen LogP contribution in [0.1, 0.15) is 37.4 Å². The van der Waals surface area contributed by atoms with E-state index in [0.29, 0.717) is 67.4 Å². The highest BCUT2D eigenvalue weighted by Gasteiger charge is 2.35. The predicted molar refractivity (Wildman–Crippen MR) is 135 cm³/mol. The minimum atomic E-state index is -1.20. The lowest BCUT2D eigenvalue weighted by molar-refractivity contribution is 0.0251. The van der Waals surface area contributed by atoms with Gasteiger partial charge in [-0.1, -0.05) is 0 Å². The Balaban J connectivity index is 1.33. The summed E-state index contributed by atoms with van der Waals surface area (Å²) < 4.78 is 60.6. The van der Waals surface area contributed by atoms with Gasteiger partial charge < -0.3 is 19.8 Å². The third kappa shape index (κ3) is 6.37. The number of pyridine rings is 1. The molecular weight excluding hydrogens is 508 g/mol. The Morgan fingerprint density at radius 2 is 1.86 bits per heavy atom. The zero-order valence-electron chi connectivity index (χ0n) is 20.5. The molecular formula is C27H30F4N2O3S. The van der Waals surface area contributed by atoms with Crippen LogP contribution in [0.15, 0.2) is 41.4 Å². The Morgan fingerprint density at radius 1 is 1.11 bits per heavy atom. The number of ether oxygens (including phenoxy) is 1. The first-order valence-corrected chi connectivity index (χ1v) is 13.1. The first kappa shape index (κ1) is 27.6. The molecule has 2 N–H and O–H groups in total. The number of nitrogens with zero attached hydrogens (tertiary/aromatic N) is 2. The van der Waals surface area contributed by atoms with Crippen LogP contribution < -0.4 is 4.74 Å². The fourth-order valence-electron chi connectivity index (χ4n) is 4.88. The molecule has 37 heavy (non-hydrogen) atoms. The van der Waals surface area contributed by atoms with Crippen molar-refractivity contribution in [3.63, 3.8) is 0 Å². The normalized spacial score (nSPS) is 16.7. The zero-order chi connectivity index (χ0) is 26.6. The number of likely N-dealkylation sites (tertiary alicyclic amines) is 1. The van der Waals surface area contributed by atoms with Crippen molar-refractivity contribution in [1.82, 2.24) is 9.88 Å². The van der Waals surface area contributed by atoms with Gasteiger partial charge in [-0.15, -0.1) is 11.8 Å². The van der Waals surface area contributed by atoms with Gasteiger partial charge in [0.05, 0.1) is 24.9 Å². The first-order chi connectivity index (χ1) is 17.7. The van der Waals surface area contributed by atoms with Crippen LogP contribution in [-0.2, 0) is 0 Å². The van der Waals surface area contributed by atoms with Crippen molar-refractivity contribution < 1.29 is 32.5 Å². The lowest BCUT2D eigenvalue weighted by atomic mass is 9.74. The van der Waals surface area contributed by atoms with E-state index in [4.69, 9.17) is 4.74 Å². The summed E-state index contributed by atoms with van der Waals surface area (Å²) in [5.41, 5.74) is 0.326. The van der Waals surface area contributed by atoms with Crippen molar-refractivity contribution in [1.29, 1.82) is 0 Å². The number of thioether (sulfide) groups is 1. The second kappa shape index (κ2) is 12.0. The van der Waals surface area contributed by atoms with Gasteiger partial charge in [0.25, 0.3) is 0 Å². The van der Waals surface area contributed by atoms with Gasteiger partial charge in [-0.2, -0.15) is 0 Å². The largest absolute Gasteiger partial charge is 0.497 e. The van der Waals surface area contributed by atoms with Gasteiger partial charge in [-0.3, -0.25) is 4.98 Å². The zero-order valence-corrected chi connectivity index (χ0v) is 21.3. The molecule has 0 bridgehead atoms. The molecule has 1 saturated heterocycles. The van der Waals surface area contributed by atoms with Gasteiger partial charge in [-0.05, 0) is 68.5 Å². The Morgan fingerprint density at radius 3 is 2.57 bits per heavy atom. The number of hydrogen-bond donors (Lipinski definition) is 2. The van der Waals surface area contributed by atoms with Crippen LogP contribution in [0, 0.1) is 28.7 Å². The van der Waals surface area contributed by atoms with Gasteiger partial charge in [0.1, 0.15) is 17.4 Å². The SMILES string of the molecule is COc1ccc2ncc(F)c([C@@H](O)CCC3(CO)CCN(CCSc4cc(F)cc(F)c4F)CC3)c2c1. The summed E-state index contributed by atoms with van der Waals surface area (Å²) in [6.45, 7) is 1.91. The van der Waals surface area contributed by atoms with Crippen molar-refractivity contribution in [2.24, 2.45) is 5.41 Å². The van der Waals surface area contributed by atoms with E-state index in [0.717, 1.165) is 24.0 Å². The Hall–Kier alpha value is -2.40. The first-order valence-electron chi connectivity index (χ1n) is 12.2. The molecule has 0 saturated carbocycles. The smallest absolute Gasteiger partial charge is 0.172 e. The number of methoxy groups -OCH3 is 1. The monoisotopic (exact) mass is 538 g/mol. The van der Waals surface area contributed by atoms with Crippen LogP contribution in [0.5, 0.6) is 5.75 Å². The van der Waals surface area contributed by atoms with Crippen molar-refractivity contribution in [3.8, 4) is 5.75 Å². The highest BCUT2D eigenvalue weighted by molar-refractivity contribution is 7.99. The minimum Gasteiger partial charge on any atom is -0.497 e. The van der Waals surface area contributed by atoms with E-state index in [1.807, 2.05) is 0 Å². The number of hydrogen-bond acceptors (Lipinski definition) is 6. The molecule has 0 amide bonds. The lowest BCUT2D eigenvalue weighted by Gasteiger charge is -2.41. The minimum absolute atomic E-state index is 0.0521. The second-order valence-electron chi connectivity index (χ2n) is 9.51. The van der Waals surface area contributed by atoms with Gasteiger partial charge in [0.2, 0.25) is 0 Å². The number of aliphatic hydroxyl groups excluding tert-OH is 2. The summed E-state index contributed by atoms with van der Waals surface area (Å²) in [6, 6.07) is 6.62. The molecule has 5 nitrogen and oxygen atoms in total. The maximum Gasteiger partial charge on any atom is 0.172 e. The average Bonchev–Trinajstić information content (AvgIpc) is 2.90. The average molecular weight is 539 g/mol. The standard InChI is InChI=1S/C27H30F4N2O3S/c1-36-18-2-3-22-19(14-18)25(21(30)15-32-22)23(35)4-5-27(16-34)6-8-33(9-7-27)10-11-37-24-13-17(28)12-20(29)26(24)31/h2-3,12-15,23,34-35H,4-11,16H2,1H3/t23-/m0/s1. The molecule has 1 aliphatic rings. The van der Waals surface area contributed by atoms with Crippen molar-refractivity contribution in [3.05, 3.63) is 65.4 Å². The van der Waals surface area contributed by atoms with E-state index in [1.165, 1.54) is 7.11 Å². The quantitative estimate of drug-likeness (QED) is 0.203. The molecule has 0 unspecified atom stereocenters. The highest BCUT2D eigenvalue weighted by Crippen LogP contribution is 2.39. The van der Waals surface area contributed by atoms with Crippen LogP contribution in [-0.4, -0.2) is 59.2 Å². The number of fused-ring (bicyclic) bond motifs is 1. The van der Waals surface area contributed by atoms with E-state index in [2.05, 4.69) is 9.88 Å². The summed E-state index contributed by atoms with van der Waals surface area (Å²) in [6.07, 6.45) is 2.17. The van der Waals surface area contributed by atoms with Crippen molar-refractivity contribution in [2.45, 2.75) is 36.7 Å². The Bertz CT molecular complexity index is 1240. The number of halogens is 4. The van der Waals surface area contributed by atoms with Crippen molar-refractivity contribution >= 4 is 22.7 Å². The number of aliphatic hydroxyl groups is 2. The number of piperidine rings is 1. The summed E-state index contributed by atoms with van der Waals surface area (Å²) in [7, 11) is 1.51. The topological polar surface area (TPSA) is 65.8 Å². The van der Waals surface area contributed by atoms with Crippen LogP contribution in [0.2, 0.25) is 0 Å². The summed E-state index contributed by atoms with van der Waals surface area (Å²) in [4.78, 5) is 6.20. The number of benzene rings is 2. The predicted octanol–water partition coefficient (Wildman–Crippen LogP) is 5.48. The van der Waals surface area contributed by atoms with E-state index < -0.39 is 34.8 Å². The fourth-order valence-corrected chi connectivity index (χ4v) is 5.87. The lowest BCUT2D eigenvalue weighted by Crippen LogP contribution is -2.43. The van der Waals surface area contributed by atoms with Crippen molar-refractivity contribution in [2.75, 3.05) is 39.1 Å². The second-order valence-corrected chi connectivity index (χ2v) is 10.6. The molecule has 2 aromatic carbocycles. The molecule has 200 valence electrons. The molecule has 3 aromatic rings. The Labute approximate surface area is 217 Å². The van der Waals surface area contributed by atoms with E-state index in [1.54, 1.807) is 18.2 Å². The molecule has 0 radical (unpaired) electrons. The van der Waals surface area contributed by atoms with Gasteiger partial charge in [0.15, 0.2) is 11.6 Å². The van der Waals surface area contributed by atoms with E-state index in [9.17, 15) is 27.8 Å². The van der Waals surface area contributed by atoms with E-state index >= 15 is 0 Å². The molecule has 10 heteroatoms. The molecule has 2 heterocycles. The van der Waals surface area contributed by atoms with Gasteiger partial charge in [0, 0.05) is 40.8 Å². The van der Waals surface area contributed by atoms with E-state index in [-0.39, 0.29) is 23.5 Å². The number of rotatable bonds is 10. The summed E-state index contributed by atoms with van der Waals surface area (Å²) >= 11 is 1.06. The molecule has 1 fully saturated rings. The van der Waals surface area contributed by atoms with Gasteiger partial charge >= 0.3 is 0 Å². The van der Waals surface area contributed by atoms with Gasteiger partial charge in [-0.25, -0.2) is 17.6 Å². The third-order valence-electron chi connectivity index (χ3n) is 7.23. The molecule has 0 spiro atoms. The summed E-state index contributed by atoms with van der Waals surface area (Å²) in [5.74, 6) is -2.64. The summed E-state index contributed by atoms with van der Waals surface area (Å²) in [5, 5.41) is 21.6. The van der Waals surface area contributed by atoms with Crippen LogP contribution in [0.25, 0.3) is 10.9 Å². The molecule has 1 atom stereocenters. The van der Waals surface area contributed by atoms with Crippen LogP contribution in [0.4, 0.5) is 17.6 Å². The third-order valence-corrected chi connectivity index (χ3v) is 8.22. The maximum atomic E-state index is 14.7. The van der Waals surface area contributed by atoms with Crippen LogP contribution in [0.3, 0.4) is 0 Å². The maximum absolute atomic E-state index is 14.7. The fraction of sp³-hybridized carbons (Fsp3) is 0.444. The molecule has 1 aliphatic heterocycles. The highest BCUT2D eigenvalue weighted by atomic mass is 32.2. The molecule has 0 aliphatic carbocycles. The van der Waals surface area contributed by atoms with Crippen LogP contribution >= 0.6 is 11.8 Å². The Kier molecular flexibility index (Phi) is 8.94.